The summed E-state index contributed by atoms with van der Waals surface area (Å²) in [5.41, 5.74) is 1.54. The van der Waals surface area contributed by atoms with Gasteiger partial charge in [-0.15, -0.1) is 5.10 Å². The summed E-state index contributed by atoms with van der Waals surface area (Å²) in [6.07, 6.45) is 0.658. The summed E-state index contributed by atoms with van der Waals surface area (Å²) in [5, 5.41) is 11.5. The molecule has 0 aliphatic heterocycles. The van der Waals surface area contributed by atoms with Crippen molar-refractivity contribution in [2.75, 3.05) is 33.3 Å². The van der Waals surface area contributed by atoms with Crippen molar-refractivity contribution in [1.29, 1.82) is 0 Å². The van der Waals surface area contributed by atoms with Crippen molar-refractivity contribution >= 4 is 28.5 Å². The molecular formula is C31H37N5O6. The van der Waals surface area contributed by atoms with Gasteiger partial charge in [-0.25, -0.2) is 4.68 Å². The van der Waals surface area contributed by atoms with Crippen LogP contribution in [0.25, 0.3) is 11.0 Å². The number of fused-ring (bicyclic) bond motifs is 1. The van der Waals surface area contributed by atoms with E-state index in [1.54, 1.807) is 36.4 Å². The zero-order chi connectivity index (χ0) is 30.4. The van der Waals surface area contributed by atoms with Crippen molar-refractivity contribution in [3.05, 3.63) is 66.2 Å². The Balaban J connectivity index is 1.96. The number of hydrogen-bond acceptors (Lipinski definition) is 8. The van der Waals surface area contributed by atoms with Gasteiger partial charge in [0.1, 0.15) is 29.6 Å². The van der Waals surface area contributed by atoms with E-state index in [-0.39, 0.29) is 6.54 Å². The molecule has 4 aromatic rings. The molecule has 0 aliphatic carbocycles. The number of hydrogen-bond donors (Lipinski definition) is 1. The zero-order valence-electron chi connectivity index (χ0n) is 25.0. The molecule has 0 bridgehead atoms. The Morgan fingerprint density at radius 1 is 0.929 bits per heavy atom. The molecule has 0 saturated carbocycles. The van der Waals surface area contributed by atoms with Gasteiger partial charge in [-0.05, 0) is 50.6 Å². The third-order valence-electron chi connectivity index (χ3n) is 7.20. The number of nitrogens with one attached hydrogen (secondary N) is 1. The molecule has 42 heavy (non-hydrogen) atoms. The van der Waals surface area contributed by atoms with Gasteiger partial charge in [-0.3, -0.25) is 14.5 Å². The van der Waals surface area contributed by atoms with Gasteiger partial charge in [0.05, 0.1) is 39.6 Å². The fourth-order valence-electron chi connectivity index (χ4n) is 4.65. The summed E-state index contributed by atoms with van der Waals surface area (Å²) in [6, 6.07) is 16.4. The first-order chi connectivity index (χ1) is 20.2. The lowest BCUT2D eigenvalue weighted by Gasteiger charge is -2.35. The number of methoxy groups -OCH3 is 4. The van der Waals surface area contributed by atoms with Gasteiger partial charge >= 0.3 is 0 Å². The van der Waals surface area contributed by atoms with E-state index in [0.717, 1.165) is 0 Å². The number of ether oxygens (including phenoxy) is 4. The van der Waals surface area contributed by atoms with Crippen LogP contribution in [0, 0.1) is 0 Å². The lowest BCUT2D eigenvalue weighted by Crippen LogP contribution is -2.51. The first-order valence-corrected chi connectivity index (χ1v) is 13.5. The molecule has 0 saturated heterocycles. The van der Waals surface area contributed by atoms with Crippen molar-refractivity contribution in [2.24, 2.45) is 0 Å². The Morgan fingerprint density at radius 2 is 1.67 bits per heavy atom. The molecule has 1 aromatic heterocycles. The van der Waals surface area contributed by atoms with Crippen molar-refractivity contribution in [1.82, 2.24) is 20.3 Å². The summed E-state index contributed by atoms with van der Waals surface area (Å²) >= 11 is 0. The van der Waals surface area contributed by atoms with Gasteiger partial charge in [0.15, 0.2) is 11.5 Å². The number of benzene rings is 3. The molecule has 1 unspecified atom stereocenters. The van der Waals surface area contributed by atoms with Crippen molar-refractivity contribution < 1.29 is 28.5 Å². The fourth-order valence-corrected chi connectivity index (χ4v) is 4.65. The molecule has 0 fully saturated rings. The SMILES string of the molecule is CCC(C)(C)NC(=O)C(c1cccc(OC)c1OC)N(C(=O)Cn1nnc2ccccc21)c1ccc(OC)cc1OC. The highest BCUT2D eigenvalue weighted by Crippen LogP contribution is 2.42. The second-order valence-electron chi connectivity index (χ2n) is 10.2. The molecular weight excluding hydrogens is 538 g/mol. The number of para-hydroxylation sites is 2. The van der Waals surface area contributed by atoms with Crippen LogP contribution in [-0.2, 0) is 16.1 Å². The quantitative estimate of drug-likeness (QED) is 0.262. The molecule has 11 nitrogen and oxygen atoms in total. The van der Waals surface area contributed by atoms with Gasteiger partial charge in [-0.1, -0.05) is 36.4 Å². The van der Waals surface area contributed by atoms with Crippen LogP contribution in [0.15, 0.2) is 60.7 Å². The van der Waals surface area contributed by atoms with Crippen LogP contribution in [0.1, 0.15) is 38.8 Å². The smallest absolute Gasteiger partial charge is 0.249 e. The molecule has 1 atom stereocenters. The van der Waals surface area contributed by atoms with Crippen molar-refractivity contribution in [2.45, 2.75) is 45.3 Å². The van der Waals surface area contributed by atoms with Crippen LogP contribution < -0.4 is 29.2 Å². The van der Waals surface area contributed by atoms with Crippen LogP contribution in [0.3, 0.4) is 0 Å². The molecule has 2 amide bonds. The molecule has 1 heterocycles. The van der Waals surface area contributed by atoms with Crippen LogP contribution in [-0.4, -0.2) is 60.8 Å². The van der Waals surface area contributed by atoms with Crippen LogP contribution in [0.2, 0.25) is 0 Å². The van der Waals surface area contributed by atoms with E-state index in [0.29, 0.717) is 51.7 Å². The Hall–Kier alpha value is -4.80. The zero-order valence-corrected chi connectivity index (χ0v) is 25.0. The summed E-state index contributed by atoms with van der Waals surface area (Å²) in [5.74, 6) is 0.749. The minimum Gasteiger partial charge on any atom is -0.497 e. The minimum absolute atomic E-state index is 0.205. The van der Waals surface area contributed by atoms with E-state index in [4.69, 9.17) is 18.9 Å². The summed E-state index contributed by atoms with van der Waals surface area (Å²) in [4.78, 5) is 30.2. The highest BCUT2D eigenvalue weighted by molar-refractivity contribution is 6.03. The number of aromatic nitrogens is 3. The molecule has 0 aliphatic rings. The number of rotatable bonds is 12. The monoisotopic (exact) mass is 575 g/mol. The van der Waals surface area contributed by atoms with E-state index in [9.17, 15) is 9.59 Å². The van der Waals surface area contributed by atoms with Crippen LogP contribution >= 0.6 is 0 Å². The average Bonchev–Trinajstić information content (AvgIpc) is 3.41. The highest BCUT2D eigenvalue weighted by atomic mass is 16.5. The van der Waals surface area contributed by atoms with Gasteiger partial charge in [-0.2, -0.15) is 0 Å². The fraction of sp³-hybridized carbons (Fsp3) is 0.355. The molecule has 3 aromatic carbocycles. The first-order valence-electron chi connectivity index (χ1n) is 13.5. The number of nitrogens with zero attached hydrogens (tertiary/aromatic N) is 4. The second kappa shape index (κ2) is 12.8. The normalized spacial score (nSPS) is 12.0. The third-order valence-corrected chi connectivity index (χ3v) is 7.20. The molecule has 0 spiro atoms. The summed E-state index contributed by atoms with van der Waals surface area (Å²) in [6.45, 7) is 5.62. The maximum Gasteiger partial charge on any atom is 0.249 e. The third kappa shape index (κ3) is 6.09. The maximum absolute atomic E-state index is 14.5. The number of carbonyl (C=O) groups excluding carboxylic acids is 2. The predicted octanol–water partition coefficient (Wildman–Crippen LogP) is 4.55. The number of anilines is 1. The Kier molecular flexibility index (Phi) is 9.19. The topological polar surface area (TPSA) is 117 Å². The summed E-state index contributed by atoms with van der Waals surface area (Å²) in [7, 11) is 6.04. The maximum atomic E-state index is 14.5. The molecule has 0 radical (unpaired) electrons. The van der Waals surface area contributed by atoms with E-state index in [1.807, 2.05) is 45.0 Å². The minimum atomic E-state index is -1.19. The van der Waals surface area contributed by atoms with Gasteiger partial charge in [0.2, 0.25) is 11.8 Å². The van der Waals surface area contributed by atoms with E-state index >= 15 is 0 Å². The number of amides is 2. The highest BCUT2D eigenvalue weighted by Gasteiger charge is 2.39. The molecule has 11 heteroatoms. The van der Waals surface area contributed by atoms with Gasteiger partial charge < -0.3 is 24.3 Å². The largest absolute Gasteiger partial charge is 0.497 e. The second-order valence-corrected chi connectivity index (χ2v) is 10.2. The van der Waals surface area contributed by atoms with Gasteiger partial charge in [0, 0.05) is 17.2 Å². The van der Waals surface area contributed by atoms with E-state index < -0.39 is 23.4 Å². The van der Waals surface area contributed by atoms with E-state index in [1.165, 1.54) is 38.0 Å². The molecule has 222 valence electrons. The molecule has 1 N–H and O–H groups in total. The lowest BCUT2D eigenvalue weighted by atomic mass is 9.97. The standard InChI is InChI=1S/C31H37N5O6/c1-8-31(2,3)32-30(38)28(21-12-11-15-25(40-5)29(21)42-7)36(24-17-16-20(39-4)18-26(24)41-6)27(37)19-35-23-14-10-9-13-22(23)33-34-35/h9-18,28H,8,19H2,1-7H3,(H,32,38). The van der Waals surface area contributed by atoms with E-state index in [2.05, 4.69) is 15.6 Å². The predicted molar refractivity (Wildman–Crippen MR) is 159 cm³/mol. The van der Waals surface area contributed by atoms with Gasteiger partial charge in [0.25, 0.3) is 0 Å². The van der Waals surface area contributed by atoms with Crippen LogP contribution in [0.5, 0.6) is 23.0 Å². The first kappa shape index (κ1) is 30.2. The van der Waals surface area contributed by atoms with Crippen LogP contribution in [0.4, 0.5) is 5.69 Å². The Bertz CT molecular complexity index is 1570. The van der Waals surface area contributed by atoms with Crippen molar-refractivity contribution in [3.8, 4) is 23.0 Å². The Morgan fingerprint density at radius 3 is 2.33 bits per heavy atom. The Labute approximate surface area is 245 Å². The number of carbonyl (C=O) groups is 2. The summed E-state index contributed by atoms with van der Waals surface area (Å²) < 4.78 is 23.9. The molecule has 4 rings (SSSR count). The van der Waals surface area contributed by atoms with Crippen molar-refractivity contribution in [3.63, 3.8) is 0 Å². The lowest BCUT2D eigenvalue weighted by molar-refractivity contribution is -0.128. The average molecular weight is 576 g/mol.